The van der Waals surface area contributed by atoms with E-state index in [0.29, 0.717) is 29.5 Å². The molecule has 4 heterocycles. The van der Waals surface area contributed by atoms with Gasteiger partial charge in [-0.25, -0.2) is 13.8 Å². The molecule has 6 rings (SSSR count). The van der Waals surface area contributed by atoms with Gasteiger partial charge in [0.1, 0.15) is 23.2 Å². The van der Waals surface area contributed by atoms with Gasteiger partial charge in [-0.15, -0.1) is 0 Å². The van der Waals surface area contributed by atoms with Crippen LogP contribution in [0.3, 0.4) is 0 Å². The number of hydrogen-bond acceptors (Lipinski definition) is 5. The first-order valence-corrected chi connectivity index (χ1v) is 13.9. The molecule has 0 unspecified atom stereocenters. The van der Waals surface area contributed by atoms with E-state index in [-0.39, 0.29) is 24.1 Å². The van der Waals surface area contributed by atoms with Crippen molar-refractivity contribution in [3.63, 3.8) is 0 Å². The molecular weight excluding hydrogens is 498 g/mol. The van der Waals surface area contributed by atoms with Crippen molar-refractivity contribution >= 4 is 33.4 Å². The zero-order chi connectivity index (χ0) is 25.8. The summed E-state index contributed by atoms with van der Waals surface area (Å²) in [5.41, 5.74) is 4.48. The monoisotopic (exact) mass is 524 g/mol. The predicted octanol–water partition coefficient (Wildman–Crippen LogP) is 5.54. The average Bonchev–Trinajstić information content (AvgIpc) is 3.52. The Hall–Kier alpha value is -3.40. The molecule has 2 aliphatic rings. The molecule has 0 aliphatic carbocycles. The highest BCUT2D eigenvalue weighted by Gasteiger charge is 2.38. The number of carbonyl (C=O) groups excluding carboxylic acids is 1. The van der Waals surface area contributed by atoms with Gasteiger partial charge in [0, 0.05) is 46.4 Å². The molecule has 1 amide bonds. The third-order valence-electron chi connectivity index (χ3n) is 7.40. The molecule has 37 heavy (non-hydrogen) atoms. The van der Waals surface area contributed by atoms with Crippen molar-refractivity contribution in [2.45, 2.75) is 51.6 Å². The number of rotatable bonds is 4. The van der Waals surface area contributed by atoms with Gasteiger partial charge in [0.25, 0.3) is 0 Å². The molecule has 2 aromatic heterocycles. The first-order valence-electron chi connectivity index (χ1n) is 12.4. The van der Waals surface area contributed by atoms with E-state index in [2.05, 4.69) is 9.72 Å². The van der Waals surface area contributed by atoms with Gasteiger partial charge in [0.2, 0.25) is 5.91 Å². The molecule has 1 atom stereocenters. The van der Waals surface area contributed by atoms with E-state index in [1.165, 1.54) is 17.0 Å². The van der Waals surface area contributed by atoms with Gasteiger partial charge >= 0.3 is 0 Å². The first kappa shape index (κ1) is 24.0. The summed E-state index contributed by atoms with van der Waals surface area (Å²) in [7, 11) is -0.841. The number of hydrogen-bond donors (Lipinski definition) is 0. The molecule has 192 valence electrons. The molecule has 2 saturated heterocycles. The maximum atomic E-state index is 14.1. The Kier molecular flexibility index (Phi) is 5.94. The summed E-state index contributed by atoms with van der Waals surface area (Å²) in [6, 6.07) is 8.77. The highest BCUT2D eigenvalue weighted by atomic mass is 32.2. The van der Waals surface area contributed by atoms with Gasteiger partial charge < -0.3 is 14.0 Å². The Morgan fingerprint density at radius 2 is 1.76 bits per heavy atom. The first-order chi connectivity index (χ1) is 17.8. The van der Waals surface area contributed by atoms with Crippen LogP contribution in [-0.4, -0.2) is 36.3 Å². The Bertz CT molecular complexity index is 1510. The highest BCUT2D eigenvalue weighted by molar-refractivity contribution is 7.85. The second-order valence-corrected chi connectivity index (χ2v) is 11.5. The Morgan fingerprint density at radius 1 is 1.03 bits per heavy atom. The Balaban J connectivity index is 1.51. The minimum absolute atomic E-state index is 0.0596. The van der Waals surface area contributed by atoms with Crippen LogP contribution in [0, 0.1) is 25.5 Å². The lowest BCUT2D eigenvalue weighted by atomic mass is 10.0. The van der Waals surface area contributed by atoms with Crippen LogP contribution in [0.15, 0.2) is 40.9 Å². The number of aromatic nitrogens is 3. The van der Waals surface area contributed by atoms with E-state index in [0.717, 1.165) is 46.8 Å². The largest absolute Gasteiger partial charge is 0.361 e. The molecule has 0 radical (unpaired) electrons. The Morgan fingerprint density at radius 3 is 2.43 bits per heavy atom. The summed E-state index contributed by atoms with van der Waals surface area (Å²) in [4.78, 5) is 19.5. The van der Waals surface area contributed by atoms with Crippen molar-refractivity contribution in [3.8, 4) is 11.1 Å². The van der Waals surface area contributed by atoms with Crippen LogP contribution in [-0.2, 0) is 15.6 Å². The molecule has 2 aromatic carbocycles. The average molecular weight is 525 g/mol. The smallest absolute Gasteiger partial charge is 0.227 e. The van der Waals surface area contributed by atoms with Gasteiger partial charge in [-0.2, -0.15) is 0 Å². The lowest BCUT2D eigenvalue weighted by Gasteiger charge is -2.30. The minimum atomic E-state index is -0.841. The summed E-state index contributed by atoms with van der Waals surface area (Å²) in [6.07, 6.45) is 2.19. The van der Waals surface area contributed by atoms with Crippen molar-refractivity contribution in [3.05, 3.63) is 65.3 Å². The van der Waals surface area contributed by atoms with Crippen LogP contribution in [0.5, 0.6) is 0 Å². The number of nitrogens with zero attached hydrogens (tertiary/aromatic N) is 4. The summed E-state index contributed by atoms with van der Waals surface area (Å²) < 4.78 is 47.9. The normalized spacial score (nSPS) is 22.3. The fourth-order valence-electron chi connectivity index (χ4n) is 5.76. The third kappa shape index (κ3) is 4.17. The van der Waals surface area contributed by atoms with Crippen molar-refractivity contribution in [2.24, 2.45) is 0 Å². The van der Waals surface area contributed by atoms with Crippen LogP contribution < -0.4 is 4.90 Å². The Labute approximate surface area is 214 Å². The van der Waals surface area contributed by atoms with E-state index in [9.17, 15) is 17.8 Å². The molecule has 0 spiro atoms. The van der Waals surface area contributed by atoms with Crippen LogP contribution in [0.1, 0.15) is 55.0 Å². The summed E-state index contributed by atoms with van der Waals surface area (Å²) in [5, 5.41) is 4.07. The van der Waals surface area contributed by atoms with E-state index < -0.39 is 28.5 Å². The van der Waals surface area contributed by atoms with E-state index >= 15 is 0 Å². The van der Waals surface area contributed by atoms with Gasteiger partial charge in [0.05, 0.1) is 28.5 Å². The third-order valence-corrected chi connectivity index (χ3v) is 8.78. The number of aryl methyl sites for hydroxylation is 2. The standard InChI is InChI=1S/C27H26F2N4O3S/c1-15-26(16(2)36-31-15)17-3-4-23-22(11-17)30-27(33(23)20-7-9-37(35)10-8-20)24-5-6-25(34)32(24)21-13-18(28)12-19(29)14-21/h3-4,11-14,20,24H,5-10H2,1-2H3/t20?,24-,37?/m0/s1. The fraction of sp³-hybridized carbons (Fsp3) is 0.370. The lowest BCUT2D eigenvalue weighted by Crippen LogP contribution is -2.31. The van der Waals surface area contributed by atoms with E-state index in [1.54, 1.807) is 0 Å². The van der Waals surface area contributed by atoms with E-state index in [4.69, 9.17) is 9.51 Å². The lowest BCUT2D eigenvalue weighted by molar-refractivity contribution is -0.117. The van der Waals surface area contributed by atoms with Gasteiger partial charge in [-0.3, -0.25) is 9.00 Å². The van der Waals surface area contributed by atoms with Gasteiger partial charge in [0.15, 0.2) is 0 Å². The molecule has 0 bridgehead atoms. The van der Waals surface area contributed by atoms with Crippen molar-refractivity contribution in [1.82, 2.24) is 14.7 Å². The van der Waals surface area contributed by atoms with Crippen molar-refractivity contribution in [1.29, 1.82) is 0 Å². The summed E-state index contributed by atoms with van der Waals surface area (Å²) in [6.45, 7) is 3.76. The topological polar surface area (TPSA) is 81.2 Å². The highest BCUT2D eigenvalue weighted by Crippen LogP contribution is 2.41. The van der Waals surface area contributed by atoms with E-state index in [1.807, 2.05) is 32.0 Å². The van der Waals surface area contributed by atoms with Gasteiger partial charge in [-0.1, -0.05) is 11.2 Å². The quantitative estimate of drug-likeness (QED) is 0.350. The molecular formula is C27H26F2N4O3S. The van der Waals surface area contributed by atoms with Crippen molar-refractivity contribution < 1.29 is 22.3 Å². The number of fused-ring (bicyclic) bond motifs is 1. The molecule has 10 heteroatoms. The zero-order valence-electron chi connectivity index (χ0n) is 20.5. The SMILES string of the molecule is Cc1noc(C)c1-c1ccc2c(c1)nc([C@@H]1CCC(=O)N1c1cc(F)cc(F)c1)n2C1CCS(=O)CC1. The number of carbonyl (C=O) groups is 1. The number of benzene rings is 2. The second-order valence-electron chi connectivity index (χ2n) is 9.77. The number of imidazole rings is 1. The van der Waals surface area contributed by atoms with Crippen LogP contribution in [0.2, 0.25) is 0 Å². The molecule has 0 N–H and O–H groups in total. The number of anilines is 1. The van der Waals surface area contributed by atoms with Crippen LogP contribution in [0.4, 0.5) is 14.5 Å². The van der Waals surface area contributed by atoms with Gasteiger partial charge in [-0.05, 0) is 62.9 Å². The second kappa shape index (κ2) is 9.16. The minimum Gasteiger partial charge on any atom is -0.361 e. The number of halogens is 2. The maximum Gasteiger partial charge on any atom is 0.227 e. The molecule has 2 fully saturated rings. The maximum absolute atomic E-state index is 14.1. The van der Waals surface area contributed by atoms with Crippen LogP contribution in [0.25, 0.3) is 22.2 Å². The number of amides is 1. The fourth-order valence-corrected chi connectivity index (χ4v) is 7.03. The molecule has 2 aliphatic heterocycles. The van der Waals surface area contributed by atoms with Crippen molar-refractivity contribution in [2.75, 3.05) is 16.4 Å². The molecule has 4 aromatic rings. The van der Waals surface area contributed by atoms with Crippen LogP contribution >= 0.6 is 0 Å². The molecule has 7 nitrogen and oxygen atoms in total. The molecule has 0 saturated carbocycles. The summed E-state index contributed by atoms with van der Waals surface area (Å²) >= 11 is 0. The summed E-state index contributed by atoms with van der Waals surface area (Å²) in [5.74, 6) is 0.926. The predicted molar refractivity (Wildman–Crippen MR) is 137 cm³/mol. The zero-order valence-corrected chi connectivity index (χ0v) is 21.4.